The minimum atomic E-state index is 0.127. The fourth-order valence-corrected chi connectivity index (χ4v) is 7.18. The van der Waals surface area contributed by atoms with Gasteiger partial charge in [-0.2, -0.15) is 0 Å². The molecule has 2 heterocycles. The van der Waals surface area contributed by atoms with Gasteiger partial charge in [-0.25, -0.2) is 0 Å². The molecule has 2 aliphatic rings. The second-order valence-corrected chi connectivity index (χ2v) is 11.4. The Morgan fingerprint density at radius 2 is 1.56 bits per heavy atom. The average molecular weight is 506 g/mol. The first-order valence-corrected chi connectivity index (χ1v) is 14.6. The fraction of sp³-hybridized carbons (Fsp3) is 0.516. The summed E-state index contributed by atoms with van der Waals surface area (Å²) < 4.78 is 12.7. The molecule has 0 spiro atoms. The summed E-state index contributed by atoms with van der Waals surface area (Å²) in [4.78, 5) is 17.7. The molecule has 1 saturated carbocycles. The lowest BCUT2D eigenvalue weighted by Crippen LogP contribution is -2.29. The quantitative estimate of drug-likeness (QED) is 0.231. The molecule has 2 aromatic carbocycles. The summed E-state index contributed by atoms with van der Waals surface area (Å²) in [5.74, 6) is 2.28. The number of ketones is 1. The Kier molecular flexibility index (Phi) is 8.60. The van der Waals surface area contributed by atoms with Crippen molar-refractivity contribution >= 4 is 27.2 Å². The second kappa shape index (κ2) is 12.2. The number of hydrogen-bond acceptors (Lipinski definition) is 5. The Bertz CT molecular complexity index is 1140. The molecule has 0 bridgehead atoms. The molecule has 0 amide bonds. The van der Waals surface area contributed by atoms with E-state index in [4.69, 9.17) is 9.47 Å². The number of fused-ring (bicyclic) bond motifs is 1. The monoisotopic (exact) mass is 505 g/mol. The lowest BCUT2D eigenvalue weighted by atomic mass is 9.91. The van der Waals surface area contributed by atoms with Crippen LogP contribution in [0, 0.1) is 0 Å². The van der Waals surface area contributed by atoms with Gasteiger partial charge in [-0.1, -0.05) is 38.5 Å². The highest BCUT2D eigenvalue weighted by Crippen LogP contribution is 2.43. The van der Waals surface area contributed by atoms with Gasteiger partial charge in [-0.3, -0.25) is 9.69 Å². The number of thiophene rings is 1. The first-order valence-electron chi connectivity index (χ1n) is 13.8. The Balaban J connectivity index is 1.34. The van der Waals surface area contributed by atoms with Crippen LogP contribution in [0.3, 0.4) is 0 Å². The van der Waals surface area contributed by atoms with Crippen LogP contribution in [0.1, 0.15) is 90.9 Å². The fourth-order valence-electron chi connectivity index (χ4n) is 5.79. The predicted octanol–water partition coefficient (Wildman–Crippen LogP) is 7.83. The molecule has 5 rings (SSSR count). The number of likely N-dealkylation sites (tertiary alicyclic amines) is 1. The molecule has 0 unspecified atom stereocenters. The molecule has 1 aliphatic carbocycles. The number of nitrogens with zero attached hydrogens (tertiary/aromatic N) is 1. The predicted molar refractivity (Wildman–Crippen MR) is 149 cm³/mol. The minimum Gasteiger partial charge on any atom is -0.497 e. The summed E-state index contributed by atoms with van der Waals surface area (Å²) in [5.41, 5.74) is 1.64. The average Bonchev–Trinajstić information content (AvgIpc) is 3.11. The van der Waals surface area contributed by atoms with Crippen molar-refractivity contribution in [3.63, 3.8) is 0 Å². The topological polar surface area (TPSA) is 38.8 Å². The van der Waals surface area contributed by atoms with Gasteiger partial charge < -0.3 is 9.47 Å². The van der Waals surface area contributed by atoms with E-state index in [1.54, 1.807) is 18.4 Å². The van der Waals surface area contributed by atoms with Crippen LogP contribution in [0.2, 0.25) is 0 Å². The number of hydrogen-bond donors (Lipinski definition) is 0. The van der Waals surface area contributed by atoms with Gasteiger partial charge in [-0.05, 0) is 87.2 Å². The van der Waals surface area contributed by atoms with Crippen LogP contribution < -0.4 is 9.47 Å². The van der Waals surface area contributed by atoms with Crippen molar-refractivity contribution in [2.24, 2.45) is 0 Å². The van der Waals surface area contributed by atoms with Gasteiger partial charge >= 0.3 is 0 Å². The van der Waals surface area contributed by atoms with E-state index in [0.717, 1.165) is 39.3 Å². The zero-order chi connectivity index (χ0) is 24.7. The van der Waals surface area contributed by atoms with Crippen molar-refractivity contribution in [2.45, 2.75) is 70.1 Å². The van der Waals surface area contributed by atoms with E-state index in [9.17, 15) is 4.79 Å². The maximum absolute atomic E-state index is 13.9. The number of benzene rings is 2. The molecule has 5 heteroatoms. The maximum Gasteiger partial charge on any atom is 0.194 e. The first kappa shape index (κ1) is 25.3. The van der Waals surface area contributed by atoms with Crippen LogP contribution >= 0.6 is 11.3 Å². The van der Waals surface area contributed by atoms with Crippen LogP contribution in [0.15, 0.2) is 42.5 Å². The molecule has 3 aromatic rings. The summed E-state index contributed by atoms with van der Waals surface area (Å²) in [6, 6.07) is 13.9. The molecule has 0 atom stereocenters. The van der Waals surface area contributed by atoms with Crippen molar-refractivity contribution in [2.75, 3.05) is 33.4 Å². The number of ether oxygens (including phenoxy) is 2. The molecular formula is C31H39NO3S. The number of carbonyl (C=O) groups is 1. The van der Waals surface area contributed by atoms with E-state index in [1.807, 2.05) is 30.3 Å². The Labute approximate surface area is 219 Å². The van der Waals surface area contributed by atoms with Crippen molar-refractivity contribution in [3.05, 3.63) is 58.5 Å². The summed E-state index contributed by atoms with van der Waals surface area (Å²) in [5, 5.41) is 1.06. The van der Waals surface area contributed by atoms with Crippen molar-refractivity contribution in [3.8, 4) is 11.5 Å². The van der Waals surface area contributed by atoms with E-state index in [0.29, 0.717) is 12.5 Å². The Morgan fingerprint density at radius 3 is 2.25 bits per heavy atom. The zero-order valence-electron chi connectivity index (χ0n) is 21.6. The van der Waals surface area contributed by atoms with Crippen LogP contribution in [0.5, 0.6) is 11.5 Å². The van der Waals surface area contributed by atoms with Gasteiger partial charge in [0.25, 0.3) is 0 Å². The van der Waals surface area contributed by atoms with Gasteiger partial charge in [0.2, 0.25) is 0 Å². The first-order chi connectivity index (χ1) is 17.7. The molecule has 0 radical (unpaired) electrons. The second-order valence-electron chi connectivity index (χ2n) is 10.3. The van der Waals surface area contributed by atoms with Crippen molar-refractivity contribution < 1.29 is 14.3 Å². The normalized spacial score (nSPS) is 18.0. The van der Waals surface area contributed by atoms with Crippen molar-refractivity contribution in [1.82, 2.24) is 4.90 Å². The van der Waals surface area contributed by atoms with E-state index in [1.165, 1.54) is 82.2 Å². The van der Waals surface area contributed by atoms with Gasteiger partial charge in [-0.15, -0.1) is 11.3 Å². The van der Waals surface area contributed by atoms with E-state index in [2.05, 4.69) is 17.0 Å². The number of methoxy groups -OCH3 is 1. The van der Waals surface area contributed by atoms with Crippen LogP contribution in [0.4, 0.5) is 0 Å². The van der Waals surface area contributed by atoms with Gasteiger partial charge in [0.15, 0.2) is 5.78 Å². The molecule has 0 N–H and O–H groups in total. The standard InChI is InChI=1S/C31H39NO3S/c1-34-26-16-17-27-28(22-26)36-31(24-10-6-2-3-7-11-24)29(27)30(33)23-12-14-25(15-13-23)35-21-20-32-18-8-4-5-9-19-32/h12-17,22,24H,2-11,18-21H2,1H3. The molecule has 36 heavy (non-hydrogen) atoms. The summed E-state index contributed by atoms with van der Waals surface area (Å²) >= 11 is 1.79. The highest BCUT2D eigenvalue weighted by atomic mass is 32.1. The summed E-state index contributed by atoms with van der Waals surface area (Å²) in [6.07, 6.45) is 12.7. The third kappa shape index (κ3) is 5.95. The van der Waals surface area contributed by atoms with E-state index in [-0.39, 0.29) is 5.78 Å². The van der Waals surface area contributed by atoms with Gasteiger partial charge in [0.05, 0.1) is 7.11 Å². The largest absolute Gasteiger partial charge is 0.497 e. The zero-order valence-corrected chi connectivity index (χ0v) is 22.4. The van der Waals surface area contributed by atoms with Crippen LogP contribution in [-0.4, -0.2) is 44.0 Å². The van der Waals surface area contributed by atoms with E-state index < -0.39 is 0 Å². The highest BCUT2D eigenvalue weighted by molar-refractivity contribution is 7.19. The Morgan fingerprint density at radius 1 is 0.889 bits per heavy atom. The number of carbonyl (C=O) groups excluding carboxylic acids is 1. The molecule has 1 aliphatic heterocycles. The highest BCUT2D eigenvalue weighted by Gasteiger charge is 2.26. The SMILES string of the molecule is COc1ccc2c(C(=O)c3ccc(OCCN4CCCCCC4)cc3)c(C3CCCCCC3)sc2c1. The molecule has 1 saturated heterocycles. The smallest absolute Gasteiger partial charge is 0.194 e. The van der Waals surface area contributed by atoms with Gasteiger partial charge in [0, 0.05) is 32.6 Å². The number of rotatable bonds is 8. The molecule has 2 fully saturated rings. The van der Waals surface area contributed by atoms with Crippen molar-refractivity contribution in [1.29, 1.82) is 0 Å². The maximum atomic E-state index is 13.9. The minimum absolute atomic E-state index is 0.127. The molecule has 192 valence electrons. The van der Waals surface area contributed by atoms with Crippen LogP contribution in [0.25, 0.3) is 10.1 Å². The third-order valence-corrected chi connectivity index (χ3v) is 9.18. The van der Waals surface area contributed by atoms with E-state index >= 15 is 0 Å². The molecular weight excluding hydrogens is 466 g/mol. The third-order valence-electron chi connectivity index (χ3n) is 7.87. The lowest BCUT2D eigenvalue weighted by Gasteiger charge is -2.19. The Hall–Kier alpha value is -2.37. The van der Waals surface area contributed by atoms with Gasteiger partial charge in [0.1, 0.15) is 18.1 Å². The van der Waals surface area contributed by atoms with Crippen LogP contribution in [-0.2, 0) is 0 Å². The molecule has 1 aromatic heterocycles. The molecule has 4 nitrogen and oxygen atoms in total. The summed E-state index contributed by atoms with van der Waals surface area (Å²) in [6.45, 7) is 4.02. The lowest BCUT2D eigenvalue weighted by molar-refractivity contribution is 0.103. The summed E-state index contributed by atoms with van der Waals surface area (Å²) in [7, 11) is 1.70.